The van der Waals surface area contributed by atoms with Crippen LogP contribution in [0.25, 0.3) is 21.8 Å². The molecule has 0 fully saturated rings. The zero-order valence-corrected chi connectivity index (χ0v) is 12.7. The van der Waals surface area contributed by atoms with Gasteiger partial charge in [-0.1, -0.05) is 25.1 Å². The number of nitro groups is 1. The Labute approximate surface area is 132 Å². The largest absolute Gasteiger partial charge is 0.464 e. The number of fused-ring (bicyclic) bond motifs is 3. The van der Waals surface area contributed by atoms with E-state index in [1.807, 2.05) is 35.8 Å². The number of benzene rings is 2. The number of hydrogen-bond donors (Lipinski definition) is 0. The van der Waals surface area contributed by atoms with Crippen molar-refractivity contribution < 1.29 is 14.5 Å². The minimum Gasteiger partial charge on any atom is -0.464 e. The second-order valence-electron chi connectivity index (χ2n) is 5.28. The minimum absolute atomic E-state index is 0.0361. The van der Waals surface area contributed by atoms with Gasteiger partial charge in [0.15, 0.2) is 0 Å². The van der Waals surface area contributed by atoms with E-state index < -0.39 is 4.92 Å². The third kappa shape index (κ3) is 2.75. The van der Waals surface area contributed by atoms with E-state index >= 15 is 0 Å². The van der Waals surface area contributed by atoms with E-state index in [-0.39, 0.29) is 18.2 Å². The molecule has 0 spiro atoms. The van der Waals surface area contributed by atoms with Gasteiger partial charge in [-0.2, -0.15) is 0 Å². The summed E-state index contributed by atoms with van der Waals surface area (Å²) in [5.41, 5.74) is 1.68. The molecule has 0 aliphatic carbocycles. The predicted octanol–water partition coefficient (Wildman–Crippen LogP) is 3.66. The summed E-state index contributed by atoms with van der Waals surface area (Å²) in [6.07, 6.45) is 0.769. The van der Waals surface area contributed by atoms with Crippen molar-refractivity contribution >= 4 is 33.5 Å². The monoisotopic (exact) mass is 312 g/mol. The van der Waals surface area contributed by atoms with Gasteiger partial charge in [0.25, 0.3) is 5.69 Å². The number of nitro benzene ring substituents is 1. The number of non-ortho nitro benzene ring substituents is 1. The number of para-hydroxylation sites is 1. The summed E-state index contributed by atoms with van der Waals surface area (Å²) in [7, 11) is 0. The van der Waals surface area contributed by atoms with E-state index in [0.29, 0.717) is 6.61 Å². The van der Waals surface area contributed by atoms with E-state index in [1.165, 1.54) is 6.07 Å². The highest BCUT2D eigenvalue weighted by molar-refractivity contribution is 6.09. The number of carbonyl (C=O) groups excluding carboxylic acids is 1. The van der Waals surface area contributed by atoms with Crippen LogP contribution in [0.15, 0.2) is 42.5 Å². The smallest absolute Gasteiger partial charge is 0.325 e. The zero-order chi connectivity index (χ0) is 16.4. The van der Waals surface area contributed by atoms with Gasteiger partial charge < -0.3 is 9.30 Å². The van der Waals surface area contributed by atoms with E-state index in [4.69, 9.17) is 4.74 Å². The molecule has 0 bridgehead atoms. The quantitative estimate of drug-likeness (QED) is 0.409. The number of hydrogen-bond acceptors (Lipinski definition) is 4. The van der Waals surface area contributed by atoms with Crippen molar-refractivity contribution in [2.24, 2.45) is 0 Å². The van der Waals surface area contributed by atoms with Gasteiger partial charge in [-0.05, 0) is 18.6 Å². The summed E-state index contributed by atoms with van der Waals surface area (Å²) in [6, 6.07) is 12.2. The number of carbonyl (C=O) groups is 1. The number of rotatable bonds is 5. The second kappa shape index (κ2) is 6.08. The molecule has 0 atom stereocenters. The Hall–Kier alpha value is -2.89. The van der Waals surface area contributed by atoms with Gasteiger partial charge in [-0.25, -0.2) is 0 Å². The molecule has 0 aliphatic rings. The first-order chi connectivity index (χ1) is 11.1. The topological polar surface area (TPSA) is 74.4 Å². The third-order valence-electron chi connectivity index (χ3n) is 3.72. The molecule has 0 aliphatic heterocycles. The normalized spacial score (nSPS) is 11.0. The van der Waals surface area contributed by atoms with Crippen molar-refractivity contribution in [3.05, 3.63) is 52.6 Å². The lowest BCUT2D eigenvalue weighted by Gasteiger charge is -2.07. The summed E-state index contributed by atoms with van der Waals surface area (Å²) in [5, 5.41) is 12.7. The highest BCUT2D eigenvalue weighted by Gasteiger charge is 2.16. The molecule has 1 aromatic heterocycles. The van der Waals surface area contributed by atoms with Gasteiger partial charge in [0.2, 0.25) is 0 Å². The summed E-state index contributed by atoms with van der Waals surface area (Å²) >= 11 is 0. The van der Waals surface area contributed by atoms with E-state index in [2.05, 4.69) is 0 Å². The first-order valence-electron chi connectivity index (χ1n) is 7.43. The van der Waals surface area contributed by atoms with Crippen LogP contribution in [0, 0.1) is 10.1 Å². The fourth-order valence-corrected chi connectivity index (χ4v) is 2.72. The van der Waals surface area contributed by atoms with Gasteiger partial charge in [-0.3, -0.25) is 14.9 Å². The fraction of sp³-hybridized carbons (Fsp3) is 0.235. The molecule has 0 N–H and O–H groups in total. The third-order valence-corrected chi connectivity index (χ3v) is 3.72. The Morgan fingerprint density at radius 3 is 2.65 bits per heavy atom. The van der Waals surface area contributed by atoms with Crippen LogP contribution >= 0.6 is 0 Å². The average molecular weight is 312 g/mol. The van der Waals surface area contributed by atoms with Gasteiger partial charge in [0.1, 0.15) is 6.54 Å². The Kier molecular flexibility index (Phi) is 3.97. The van der Waals surface area contributed by atoms with Crippen molar-refractivity contribution in [2.75, 3.05) is 6.61 Å². The molecule has 0 unspecified atom stereocenters. The fourth-order valence-electron chi connectivity index (χ4n) is 2.72. The average Bonchev–Trinajstić information content (AvgIpc) is 2.87. The molecule has 23 heavy (non-hydrogen) atoms. The minimum atomic E-state index is -0.416. The maximum absolute atomic E-state index is 12.0. The van der Waals surface area contributed by atoms with Crippen LogP contribution in [-0.4, -0.2) is 22.1 Å². The highest BCUT2D eigenvalue weighted by Crippen LogP contribution is 2.31. The maximum atomic E-state index is 12.0. The van der Waals surface area contributed by atoms with Crippen molar-refractivity contribution in [3.63, 3.8) is 0 Å². The lowest BCUT2D eigenvalue weighted by Crippen LogP contribution is -2.13. The summed E-state index contributed by atoms with van der Waals surface area (Å²) in [4.78, 5) is 22.6. The SMILES string of the molecule is CCCOC(=O)Cn1c2ccccc2c2cc([N+](=O)[O-])ccc21. The number of esters is 1. The molecule has 6 nitrogen and oxygen atoms in total. The van der Waals surface area contributed by atoms with E-state index in [0.717, 1.165) is 28.2 Å². The van der Waals surface area contributed by atoms with E-state index in [9.17, 15) is 14.9 Å². The molecule has 118 valence electrons. The molecule has 0 amide bonds. The standard InChI is InChI=1S/C17H16N2O4/c1-2-9-23-17(20)11-18-15-6-4-3-5-13(15)14-10-12(19(21)22)7-8-16(14)18/h3-8,10H,2,9,11H2,1H3. The molecular formula is C17H16N2O4. The first kappa shape index (κ1) is 15.0. The Morgan fingerprint density at radius 2 is 1.91 bits per heavy atom. The summed E-state index contributed by atoms with van der Waals surface area (Å²) in [6.45, 7) is 2.41. The predicted molar refractivity (Wildman–Crippen MR) is 87.3 cm³/mol. The maximum Gasteiger partial charge on any atom is 0.325 e. The van der Waals surface area contributed by atoms with Crippen LogP contribution in [0.5, 0.6) is 0 Å². The van der Waals surface area contributed by atoms with Crippen molar-refractivity contribution in [2.45, 2.75) is 19.9 Å². The van der Waals surface area contributed by atoms with Crippen LogP contribution < -0.4 is 0 Å². The summed E-state index contributed by atoms with van der Waals surface area (Å²) < 4.78 is 7.00. The molecular weight excluding hydrogens is 296 g/mol. The van der Waals surface area contributed by atoms with E-state index in [1.54, 1.807) is 12.1 Å². The second-order valence-corrected chi connectivity index (χ2v) is 5.28. The molecule has 0 saturated heterocycles. The molecule has 6 heteroatoms. The van der Waals surface area contributed by atoms with Gasteiger partial charge >= 0.3 is 5.97 Å². The van der Waals surface area contributed by atoms with Crippen LogP contribution in [0.1, 0.15) is 13.3 Å². The van der Waals surface area contributed by atoms with Gasteiger partial charge in [0, 0.05) is 28.4 Å². The Balaban J connectivity index is 2.15. The molecule has 3 aromatic rings. The zero-order valence-electron chi connectivity index (χ0n) is 12.7. The van der Waals surface area contributed by atoms with Crippen LogP contribution in [0.2, 0.25) is 0 Å². The molecule has 0 radical (unpaired) electrons. The van der Waals surface area contributed by atoms with Gasteiger partial charge in [-0.15, -0.1) is 0 Å². The van der Waals surface area contributed by atoms with Crippen molar-refractivity contribution in [1.29, 1.82) is 0 Å². The Bertz CT molecular complexity index is 898. The molecule has 2 aromatic carbocycles. The van der Waals surface area contributed by atoms with Gasteiger partial charge in [0.05, 0.1) is 17.0 Å². The molecule has 3 rings (SSSR count). The lowest BCUT2D eigenvalue weighted by atomic mass is 10.1. The Morgan fingerprint density at radius 1 is 1.17 bits per heavy atom. The molecule has 0 saturated carbocycles. The number of aromatic nitrogens is 1. The van der Waals surface area contributed by atoms with Crippen LogP contribution in [-0.2, 0) is 16.1 Å². The van der Waals surface area contributed by atoms with Crippen molar-refractivity contribution in [3.8, 4) is 0 Å². The highest BCUT2D eigenvalue weighted by atomic mass is 16.6. The molecule has 1 heterocycles. The lowest BCUT2D eigenvalue weighted by molar-refractivity contribution is -0.384. The van der Waals surface area contributed by atoms with Crippen molar-refractivity contribution in [1.82, 2.24) is 4.57 Å². The number of ether oxygens (including phenoxy) is 1. The summed E-state index contributed by atoms with van der Waals surface area (Å²) in [5.74, 6) is -0.312. The number of nitrogens with zero attached hydrogens (tertiary/aromatic N) is 2. The van der Waals surface area contributed by atoms with Crippen LogP contribution in [0.3, 0.4) is 0 Å². The first-order valence-corrected chi connectivity index (χ1v) is 7.43. The van der Waals surface area contributed by atoms with Crippen LogP contribution in [0.4, 0.5) is 5.69 Å².